The normalized spacial score (nSPS) is 26.2. The quantitative estimate of drug-likeness (QED) is 0.667. The summed E-state index contributed by atoms with van der Waals surface area (Å²) >= 11 is 1.84. The van der Waals surface area contributed by atoms with Crippen molar-refractivity contribution in [2.45, 2.75) is 25.3 Å². The standard InChI is InChI=1S/C18H29N5S/c1-19-18(20-13-15-6-7-23(14-15)16-4-5-16)22-10-8-21(9-11-22)17-3-2-12-24-17/h2-3,12,15-16H,4-11,13-14H2,1H3,(H,19,20). The molecule has 1 aromatic rings. The number of hydrogen-bond acceptors (Lipinski definition) is 4. The maximum atomic E-state index is 4.53. The van der Waals surface area contributed by atoms with E-state index in [9.17, 15) is 0 Å². The van der Waals surface area contributed by atoms with Gasteiger partial charge in [0.25, 0.3) is 0 Å². The number of thiophene rings is 1. The summed E-state index contributed by atoms with van der Waals surface area (Å²) in [6.45, 7) is 7.92. The summed E-state index contributed by atoms with van der Waals surface area (Å²) in [4.78, 5) is 12.1. The molecule has 2 aliphatic heterocycles. The topological polar surface area (TPSA) is 34.1 Å². The molecular weight excluding hydrogens is 318 g/mol. The number of guanidine groups is 1. The Morgan fingerprint density at radius 1 is 1.21 bits per heavy atom. The van der Waals surface area contributed by atoms with Gasteiger partial charge < -0.3 is 20.0 Å². The summed E-state index contributed by atoms with van der Waals surface area (Å²) < 4.78 is 0. The van der Waals surface area contributed by atoms with E-state index in [4.69, 9.17) is 0 Å². The van der Waals surface area contributed by atoms with Gasteiger partial charge in [0.1, 0.15) is 0 Å². The number of likely N-dealkylation sites (tertiary alicyclic amines) is 1. The molecule has 3 heterocycles. The van der Waals surface area contributed by atoms with E-state index in [2.05, 4.69) is 42.5 Å². The first-order valence-corrected chi connectivity index (χ1v) is 10.2. The second kappa shape index (κ2) is 7.31. The van der Waals surface area contributed by atoms with Crippen molar-refractivity contribution in [3.05, 3.63) is 17.5 Å². The van der Waals surface area contributed by atoms with Gasteiger partial charge in [-0.1, -0.05) is 0 Å². The van der Waals surface area contributed by atoms with Gasteiger partial charge in [0.15, 0.2) is 5.96 Å². The molecule has 1 unspecified atom stereocenters. The molecule has 132 valence electrons. The lowest BCUT2D eigenvalue weighted by Crippen LogP contribution is -2.53. The van der Waals surface area contributed by atoms with Crippen molar-refractivity contribution >= 4 is 22.3 Å². The van der Waals surface area contributed by atoms with E-state index in [1.54, 1.807) is 0 Å². The van der Waals surface area contributed by atoms with Gasteiger partial charge in [-0.2, -0.15) is 0 Å². The van der Waals surface area contributed by atoms with Crippen molar-refractivity contribution < 1.29 is 0 Å². The van der Waals surface area contributed by atoms with Crippen LogP contribution in [0.4, 0.5) is 5.00 Å². The van der Waals surface area contributed by atoms with E-state index in [0.29, 0.717) is 0 Å². The third-order valence-electron chi connectivity index (χ3n) is 5.54. The van der Waals surface area contributed by atoms with Crippen molar-refractivity contribution in [1.82, 2.24) is 15.1 Å². The second-order valence-corrected chi connectivity index (χ2v) is 8.16. The molecule has 1 N–H and O–H groups in total. The molecule has 1 aromatic heterocycles. The van der Waals surface area contributed by atoms with E-state index in [0.717, 1.165) is 50.6 Å². The van der Waals surface area contributed by atoms with E-state index >= 15 is 0 Å². The number of nitrogens with one attached hydrogen (secondary N) is 1. The molecule has 3 aliphatic rings. The van der Waals surface area contributed by atoms with Crippen LogP contribution in [-0.2, 0) is 0 Å². The smallest absolute Gasteiger partial charge is 0.193 e. The van der Waals surface area contributed by atoms with Crippen molar-refractivity contribution in [3.8, 4) is 0 Å². The van der Waals surface area contributed by atoms with Gasteiger partial charge in [-0.3, -0.25) is 4.99 Å². The molecule has 6 heteroatoms. The van der Waals surface area contributed by atoms with Crippen LogP contribution in [0.1, 0.15) is 19.3 Å². The summed E-state index contributed by atoms with van der Waals surface area (Å²) in [6.07, 6.45) is 4.19. The van der Waals surface area contributed by atoms with Crippen molar-refractivity contribution in [1.29, 1.82) is 0 Å². The van der Waals surface area contributed by atoms with Gasteiger partial charge in [0.2, 0.25) is 0 Å². The molecule has 1 aliphatic carbocycles. The van der Waals surface area contributed by atoms with Crippen LogP contribution < -0.4 is 10.2 Å². The Hall–Kier alpha value is -1.27. The summed E-state index contributed by atoms with van der Waals surface area (Å²) in [5, 5.41) is 7.20. The molecule has 1 saturated carbocycles. The fourth-order valence-electron chi connectivity index (χ4n) is 3.96. The van der Waals surface area contributed by atoms with Gasteiger partial charge in [0, 0.05) is 52.4 Å². The molecule has 3 fully saturated rings. The fraction of sp³-hybridized carbons (Fsp3) is 0.722. The maximum Gasteiger partial charge on any atom is 0.193 e. The van der Waals surface area contributed by atoms with Crippen LogP contribution in [0.5, 0.6) is 0 Å². The molecule has 0 bridgehead atoms. The van der Waals surface area contributed by atoms with Gasteiger partial charge in [0.05, 0.1) is 5.00 Å². The molecule has 0 radical (unpaired) electrons. The predicted molar refractivity (Wildman–Crippen MR) is 102 cm³/mol. The Labute approximate surface area is 149 Å². The molecular formula is C18H29N5S. The first-order chi connectivity index (χ1) is 11.8. The van der Waals surface area contributed by atoms with E-state index in [-0.39, 0.29) is 0 Å². The number of piperazine rings is 1. The van der Waals surface area contributed by atoms with Crippen LogP contribution in [-0.4, -0.2) is 74.7 Å². The number of nitrogens with zero attached hydrogens (tertiary/aromatic N) is 4. The highest BCUT2D eigenvalue weighted by molar-refractivity contribution is 7.14. The first kappa shape index (κ1) is 16.2. The summed E-state index contributed by atoms with van der Waals surface area (Å²) in [5.41, 5.74) is 0. The van der Waals surface area contributed by atoms with Gasteiger partial charge in [-0.05, 0) is 49.2 Å². The van der Waals surface area contributed by atoms with Gasteiger partial charge in [-0.15, -0.1) is 11.3 Å². The monoisotopic (exact) mass is 347 g/mol. The zero-order valence-corrected chi connectivity index (χ0v) is 15.5. The predicted octanol–water partition coefficient (Wildman–Crippen LogP) is 1.93. The fourth-order valence-corrected chi connectivity index (χ4v) is 4.74. The Kier molecular flexibility index (Phi) is 4.94. The SMILES string of the molecule is CN=C(NCC1CCN(C2CC2)C1)N1CCN(c2cccs2)CC1. The molecule has 0 amide bonds. The molecule has 0 aromatic carbocycles. The Bertz CT molecular complexity index is 546. The minimum absolute atomic E-state index is 0.787. The molecule has 4 rings (SSSR count). The lowest BCUT2D eigenvalue weighted by Gasteiger charge is -2.37. The third kappa shape index (κ3) is 3.70. The Morgan fingerprint density at radius 3 is 2.71 bits per heavy atom. The van der Waals surface area contributed by atoms with Crippen LogP contribution in [0.3, 0.4) is 0 Å². The molecule has 24 heavy (non-hydrogen) atoms. The molecule has 1 atom stereocenters. The largest absolute Gasteiger partial charge is 0.360 e. The lowest BCUT2D eigenvalue weighted by atomic mass is 10.1. The second-order valence-electron chi connectivity index (χ2n) is 7.23. The summed E-state index contributed by atoms with van der Waals surface area (Å²) in [7, 11) is 1.92. The maximum absolute atomic E-state index is 4.53. The highest BCUT2D eigenvalue weighted by atomic mass is 32.1. The van der Waals surface area contributed by atoms with E-state index in [1.807, 2.05) is 18.4 Å². The van der Waals surface area contributed by atoms with Crippen LogP contribution in [0, 0.1) is 5.92 Å². The van der Waals surface area contributed by atoms with Crippen molar-refractivity contribution in [3.63, 3.8) is 0 Å². The van der Waals surface area contributed by atoms with Crippen molar-refractivity contribution in [2.75, 3.05) is 57.8 Å². The molecule has 0 spiro atoms. The van der Waals surface area contributed by atoms with Crippen LogP contribution in [0.2, 0.25) is 0 Å². The van der Waals surface area contributed by atoms with Crippen LogP contribution in [0.25, 0.3) is 0 Å². The van der Waals surface area contributed by atoms with E-state index in [1.165, 1.54) is 37.4 Å². The van der Waals surface area contributed by atoms with Crippen LogP contribution in [0.15, 0.2) is 22.5 Å². The number of rotatable bonds is 4. The number of anilines is 1. The average Bonchev–Trinajstić information content (AvgIpc) is 3.13. The first-order valence-electron chi connectivity index (χ1n) is 9.31. The highest BCUT2D eigenvalue weighted by Gasteiger charge is 2.34. The van der Waals surface area contributed by atoms with Crippen molar-refractivity contribution in [2.24, 2.45) is 10.9 Å². The zero-order chi connectivity index (χ0) is 16.4. The van der Waals surface area contributed by atoms with Gasteiger partial charge >= 0.3 is 0 Å². The molecule has 5 nitrogen and oxygen atoms in total. The highest BCUT2D eigenvalue weighted by Crippen LogP contribution is 2.31. The minimum atomic E-state index is 0.787. The lowest BCUT2D eigenvalue weighted by molar-refractivity contribution is 0.312. The van der Waals surface area contributed by atoms with Gasteiger partial charge in [-0.25, -0.2) is 0 Å². The minimum Gasteiger partial charge on any atom is -0.360 e. The summed E-state index contributed by atoms with van der Waals surface area (Å²) in [6, 6.07) is 5.28. The Morgan fingerprint density at radius 2 is 2.04 bits per heavy atom. The Balaban J connectivity index is 1.23. The summed E-state index contributed by atoms with van der Waals surface area (Å²) in [5.74, 6) is 1.88. The third-order valence-corrected chi connectivity index (χ3v) is 6.47. The number of aliphatic imine (C=N–C) groups is 1. The molecule has 2 saturated heterocycles. The van der Waals surface area contributed by atoms with E-state index < -0.39 is 0 Å². The van der Waals surface area contributed by atoms with Crippen LogP contribution >= 0.6 is 11.3 Å². The number of hydrogen-bond donors (Lipinski definition) is 1. The zero-order valence-electron chi connectivity index (χ0n) is 14.7. The average molecular weight is 348 g/mol.